The van der Waals surface area contributed by atoms with E-state index in [1.807, 2.05) is 20.8 Å². The Hall–Kier alpha value is -3.49. The monoisotopic (exact) mass is 399 g/mol. The quantitative estimate of drug-likeness (QED) is 0.608. The van der Waals surface area contributed by atoms with E-state index >= 15 is 0 Å². The first kappa shape index (κ1) is 21.8. The number of nitrogens with zero attached hydrogens (tertiary/aromatic N) is 2. The van der Waals surface area contributed by atoms with Gasteiger partial charge in [-0.05, 0) is 24.3 Å². The van der Waals surface area contributed by atoms with E-state index in [1.54, 1.807) is 24.3 Å². The molecule has 9 nitrogen and oxygen atoms in total. The molecule has 1 heterocycles. The van der Waals surface area contributed by atoms with Crippen molar-refractivity contribution in [1.29, 1.82) is 0 Å². The maximum Gasteiger partial charge on any atom is 0.270 e. The van der Waals surface area contributed by atoms with E-state index in [0.717, 1.165) is 0 Å². The van der Waals surface area contributed by atoms with Crippen molar-refractivity contribution in [3.63, 3.8) is 0 Å². The fourth-order valence-electron chi connectivity index (χ4n) is 2.14. The van der Waals surface area contributed by atoms with Gasteiger partial charge in [-0.2, -0.15) is 0 Å². The van der Waals surface area contributed by atoms with Crippen LogP contribution in [0.1, 0.15) is 41.6 Å². The second-order valence-corrected chi connectivity index (χ2v) is 7.24. The molecule has 9 heteroatoms. The Labute approximate surface area is 169 Å². The van der Waals surface area contributed by atoms with Crippen molar-refractivity contribution < 1.29 is 19.1 Å². The fraction of sp³-hybridized carbons (Fsp3) is 0.350. The molecule has 0 radical (unpaired) electrons. The first-order valence-electron chi connectivity index (χ1n) is 9.04. The SMILES string of the molecule is COc1cc(C(=O)NCCNC(=O)c2ccc(NC(=O)C(C)(C)C)cc2)ncn1. The second-order valence-electron chi connectivity index (χ2n) is 7.24. The highest BCUT2D eigenvalue weighted by Gasteiger charge is 2.21. The molecule has 0 spiro atoms. The van der Waals surface area contributed by atoms with Crippen LogP contribution >= 0.6 is 0 Å². The lowest BCUT2D eigenvalue weighted by Gasteiger charge is -2.17. The third-order valence-electron chi connectivity index (χ3n) is 3.87. The lowest BCUT2D eigenvalue weighted by atomic mass is 9.95. The van der Waals surface area contributed by atoms with Crippen LogP contribution < -0.4 is 20.7 Å². The molecular weight excluding hydrogens is 374 g/mol. The minimum atomic E-state index is -0.503. The molecule has 0 bridgehead atoms. The molecule has 0 saturated carbocycles. The van der Waals surface area contributed by atoms with Gasteiger partial charge in [-0.1, -0.05) is 20.8 Å². The van der Waals surface area contributed by atoms with Gasteiger partial charge in [-0.3, -0.25) is 14.4 Å². The highest BCUT2D eigenvalue weighted by molar-refractivity contribution is 5.97. The van der Waals surface area contributed by atoms with Gasteiger partial charge in [-0.15, -0.1) is 0 Å². The largest absolute Gasteiger partial charge is 0.481 e. The molecule has 0 aliphatic rings. The van der Waals surface area contributed by atoms with Gasteiger partial charge < -0.3 is 20.7 Å². The van der Waals surface area contributed by atoms with Crippen molar-refractivity contribution in [3.05, 3.63) is 47.9 Å². The Morgan fingerprint density at radius 1 is 0.966 bits per heavy atom. The van der Waals surface area contributed by atoms with Gasteiger partial charge in [0.25, 0.3) is 11.8 Å². The van der Waals surface area contributed by atoms with Gasteiger partial charge >= 0.3 is 0 Å². The summed E-state index contributed by atoms with van der Waals surface area (Å²) in [5, 5.41) is 8.17. The van der Waals surface area contributed by atoms with E-state index < -0.39 is 5.41 Å². The lowest BCUT2D eigenvalue weighted by Crippen LogP contribution is -2.35. The molecule has 154 valence electrons. The standard InChI is InChI=1S/C20H25N5O4/c1-20(2,3)19(28)25-14-7-5-13(6-8-14)17(26)21-9-10-22-18(27)15-11-16(29-4)24-12-23-15/h5-8,11-12H,9-10H2,1-4H3,(H,21,26)(H,22,27)(H,25,28). The molecule has 0 unspecified atom stereocenters. The zero-order valence-electron chi connectivity index (χ0n) is 16.9. The first-order valence-corrected chi connectivity index (χ1v) is 9.04. The number of amides is 3. The van der Waals surface area contributed by atoms with Gasteiger partial charge in [0.2, 0.25) is 11.8 Å². The number of aromatic nitrogens is 2. The number of rotatable bonds is 7. The molecule has 0 atom stereocenters. The minimum absolute atomic E-state index is 0.105. The number of benzene rings is 1. The number of carbonyl (C=O) groups is 3. The molecule has 0 saturated heterocycles. The number of methoxy groups -OCH3 is 1. The van der Waals surface area contributed by atoms with Crippen LogP contribution in [0.3, 0.4) is 0 Å². The first-order chi connectivity index (χ1) is 13.7. The Balaban J connectivity index is 1.79. The Morgan fingerprint density at radius 3 is 2.17 bits per heavy atom. The number of nitrogens with one attached hydrogen (secondary N) is 3. The minimum Gasteiger partial charge on any atom is -0.481 e. The maximum absolute atomic E-state index is 12.2. The smallest absolute Gasteiger partial charge is 0.270 e. The van der Waals surface area contributed by atoms with Gasteiger partial charge in [0.05, 0.1) is 7.11 Å². The molecule has 0 fully saturated rings. The van der Waals surface area contributed by atoms with Gasteiger partial charge in [0.15, 0.2) is 0 Å². The Morgan fingerprint density at radius 2 is 1.59 bits per heavy atom. The summed E-state index contributed by atoms with van der Waals surface area (Å²) in [7, 11) is 1.45. The van der Waals surface area contributed by atoms with Crippen molar-refractivity contribution in [2.75, 3.05) is 25.5 Å². The predicted molar refractivity (Wildman–Crippen MR) is 108 cm³/mol. The van der Waals surface area contributed by atoms with E-state index in [4.69, 9.17) is 4.74 Å². The summed E-state index contributed by atoms with van der Waals surface area (Å²) in [5.74, 6) is -0.483. The average molecular weight is 399 g/mol. The summed E-state index contributed by atoms with van der Waals surface area (Å²) in [5.41, 5.74) is 0.743. The van der Waals surface area contributed by atoms with Crippen LogP contribution in [-0.4, -0.2) is 47.9 Å². The zero-order chi connectivity index (χ0) is 21.4. The molecule has 0 aliphatic carbocycles. The molecule has 1 aromatic heterocycles. The van der Waals surface area contributed by atoms with E-state index in [0.29, 0.717) is 17.1 Å². The average Bonchev–Trinajstić information content (AvgIpc) is 2.70. The number of carbonyl (C=O) groups excluding carboxylic acids is 3. The van der Waals surface area contributed by atoms with Crippen LogP contribution in [0.4, 0.5) is 5.69 Å². The van der Waals surface area contributed by atoms with Crippen LogP contribution in [-0.2, 0) is 4.79 Å². The van der Waals surface area contributed by atoms with Crippen molar-refractivity contribution in [2.45, 2.75) is 20.8 Å². The Kier molecular flexibility index (Phi) is 7.24. The molecule has 2 aromatic rings. The van der Waals surface area contributed by atoms with E-state index in [-0.39, 0.29) is 36.5 Å². The molecule has 3 amide bonds. The van der Waals surface area contributed by atoms with E-state index in [9.17, 15) is 14.4 Å². The van der Waals surface area contributed by atoms with Crippen LogP contribution in [0.25, 0.3) is 0 Å². The number of anilines is 1. The third kappa shape index (κ3) is 6.56. The van der Waals surface area contributed by atoms with Crippen molar-refractivity contribution >= 4 is 23.4 Å². The van der Waals surface area contributed by atoms with Crippen molar-refractivity contribution in [1.82, 2.24) is 20.6 Å². The molecule has 1 aromatic carbocycles. The normalized spacial score (nSPS) is 10.8. The van der Waals surface area contributed by atoms with Crippen LogP contribution in [0.2, 0.25) is 0 Å². The highest BCUT2D eigenvalue weighted by atomic mass is 16.5. The summed E-state index contributed by atoms with van der Waals surface area (Å²) in [6.45, 7) is 5.95. The lowest BCUT2D eigenvalue weighted by molar-refractivity contribution is -0.123. The van der Waals surface area contributed by atoms with E-state index in [1.165, 1.54) is 19.5 Å². The predicted octanol–water partition coefficient (Wildman–Crippen LogP) is 1.63. The fourth-order valence-corrected chi connectivity index (χ4v) is 2.14. The van der Waals surface area contributed by atoms with E-state index in [2.05, 4.69) is 25.9 Å². The van der Waals surface area contributed by atoms with Crippen LogP contribution in [0.5, 0.6) is 5.88 Å². The highest BCUT2D eigenvalue weighted by Crippen LogP contribution is 2.17. The summed E-state index contributed by atoms with van der Waals surface area (Å²) in [6.07, 6.45) is 1.24. The molecule has 2 rings (SSSR count). The number of hydrogen-bond acceptors (Lipinski definition) is 6. The molecule has 0 aliphatic heterocycles. The summed E-state index contributed by atoms with van der Waals surface area (Å²) >= 11 is 0. The summed E-state index contributed by atoms with van der Waals surface area (Å²) in [4.78, 5) is 43.9. The van der Waals surface area contributed by atoms with Crippen molar-refractivity contribution in [3.8, 4) is 5.88 Å². The third-order valence-corrected chi connectivity index (χ3v) is 3.87. The molecular formula is C20H25N5O4. The number of hydrogen-bond donors (Lipinski definition) is 3. The summed E-state index contributed by atoms with van der Waals surface area (Å²) < 4.78 is 4.95. The maximum atomic E-state index is 12.2. The topological polar surface area (TPSA) is 122 Å². The van der Waals surface area contributed by atoms with Gasteiger partial charge in [0.1, 0.15) is 12.0 Å². The van der Waals surface area contributed by atoms with Gasteiger partial charge in [-0.25, -0.2) is 9.97 Å². The zero-order valence-corrected chi connectivity index (χ0v) is 16.9. The van der Waals surface area contributed by atoms with Crippen LogP contribution in [0.15, 0.2) is 36.7 Å². The number of ether oxygens (including phenoxy) is 1. The summed E-state index contributed by atoms with van der Waals surface area (Å²) in [6, 6.07) is 8.01. The van der Waals surface area contributed by atoms with Crippen LogP contribution in [0, 0.1) is 5.41 Å². The molecule has 3 N–H and O–H groups in total. The Bertz CT molecular complexity index is 875. The molecule has 29 heavy (non-hydrogen) atoms. The van der Waals surface area contributed by atoms with Gasteiger partial charge in [0, 0.05) is 35.8 Å². The second kappa shape index (κ2) is 9.63. The van der Waals surface area contributed by atoms with Crippen molar-refractivity contribution in [2.24, 2.45) is 5.41 Å².